The first-order valence-corrected chi connectivity index (χ1v) is 9.77. The van der Waals surface area contributed by atoms with Crippen LogP contribution in [0, 0.1) is 0 Å². The van der Waals surface area contributed by atoms with Crippen LogP contribution in [0.2, 0.25) is 0 Å². The van der Waals surface area contributed by atoms with Crippen LogP contribution in [0.15, 0.2) is 41.4 Å². The summed E-state index contributed by atoms with van der Waals surface area (Å²) in [5.74, 6) is -1.47. The Morgan fingerprint density at radius 3 is 2.70 bits per heavy atom. The first-order chi connectivity index (χ1) is 12.9. The molecule has 2 heterocycles. The third-order valence-electron chi connectivity index (χ3n) is 4.18. The minimum atomic E-state index is -3.75. The van der Waals surface area contributed by atoms with Gasteiger partial charge in [-0.1, -0.05) is 23.4 Å². The molecule has 11 heteroatoms. The Morgan fingerprint density at radius 1 is 1.26 bits per heavy atom. The molecule has 1 aromatic heterocycles. The van der Waals surface area contributed by atoms with Gasteiger partial charge in [0.1, 0.15) is 18.3 Å². The molecule has 0 bridgehead atoms. The summed E-state index contributed by atoms with van der Waals surface area (Å²) >= 11 is 0. The number of carboxylic acid groups (broad SMARTS) is 1. The number of benzene rings is 1. The summed E-state index contributed by atoms with van der Waals surface area (Å²) in [5.41, 5.74) is 0.389. The largest absolute Gasteiger partial charge is 0.480 e. The predicted molar refractivity (Wildman–Crippen MR) is 92.9 cm³/mol. The van der Waals surface area contributed by atoms with Gasteiger partial charge in [-0.3, -0.25) is 9.59 Å². The van der Waals surface area contributed by atoms with Crippen molar-refractivity contribution in [3.8, 4) is 0 Å². The average Bonchev–Trinajstić information content (AvgIpc) is 3.29. The summed E-state index contributed by atoms with van der Waals surface area (Å²) in [4.78, 5) is 23.3. The molecule has 1 unspecified atom stereocenters. The van der Waals surface area contributed by atoms with Crippen LogP contribution in [0.5, 0.6) is 0 Å². The second kappa shape index (κ2) is 7.84. The van der Waals surface area contributed by atoms with Crippen LogP contribution in [0.4, 0.5) is 0 Å². The lowest BCUT2D eigenvalue weighted by Crippen LogP contribution is -2.45. The maximum Gasteiger partial charge on any atom is 0.325 e. The molecule has 1 aliphatic heterocycles. The SMILES string of the molecule is O=C(O)Cn1cc(CNC(=O)C2CCCN2S(=O)(=O)c2ccccc2)nn1. The van der Waals surface area contributed by atoms with Gasteiger partial charge in [-0.25, -0.2) is 13.1 Å². The van der Waals surface area contributed by atoms with E-state index in [1.807, 2.05) is 0 Å². The highest BCUT2D eigenvalue weighted by Gasteiger charge is 2.39. The highest BCUT2D eigenvalue weighted by atomic mass is 32.2. The zero-order valence-electron chi connectivity index (χ0n) is 14.4. The Hall–Kier alpha value is -2.79. The number of carbonyl (C=O) groups is 2. The van der Waals surface area contributed by atoms with E-state index in [0.29, 0.717) is 18.5 Å². The molecule has 2 N–H and O–H groups in total. The molecule has 1 aromatic carbocycles. The third kappa shape index (κ3) is 4.31. The van der Waals surface area contributed by atoms with E-state index in [9.17, 15) is 18.0 Å². The molecule has 1 amide bonds. The van der Waals surface area contributed by atoms with Gasteiger partial charge in [0.15, 0.2) is 0 Å². The Kier molecular flexibility index (Phi) is 5.51. The van der Waals surface area contributed by atoms with Gasteiger partial charge in [0.05, 0.1) is 17.6 Å². The van der Waals surface area contributed by atoms with Crippen LogP contribution in [-0.2, 0) is 32.7 Å². The minimum Gasteiger partial charge on any atom is -0.480 e. The van der Waals surface area contributed by atoms with Crippen molar-refractivity contribution in [1.82, 2.24) is 24.6 Å². The van der Waals surface area contributed by atoms with Crippen molar-refractivity contribution in [2.24, 2.45) is 0 Å². The number of aliphatic carboxylic acids is 1. The van der Waals surface area contributed by atoms with E-state index in [2.05, 4.69) is 15.6 Å². The lowest BCUT2D eigenvalue weighted by molar-refractivity contribution is -0.138. The van der Waals surface area contributed by atoms with Gasteiger partial charge >= 0.3 is 5.97 Å². The van der Waals surface area contributed by atoms with Gasteiger partial charge < -0.3 is 10.4 Å². The summed E-state index contributed by atoms with van der Waals surface area (Å²) in [6.45, 7) is -0.00897. The van der Waals surface area contributed by atoms with Crippen molar-refractivity contribution in [3.05, 3.63) is 42.2 Å². The Bertz CT molecular complexity index is 928. The molecular formula is C16H19N5O5S. The number of nitrogens with zero attached hydrogens (tertiary/aromatic N) is 4. The van der Waals surface area contributed by atoms with Crippen molar-refractivity contribution in [2.75, 3.05) is 6.54 Å². The number of carboxylic acids is 1. The quantitative estimate of drug-likeness (QED) is 0.667. The number of carbonyl (C=O) groups excluding carboxylic acids is 1. The van der Waals surface area contributed by atoms with Crippen molar-refractivity contribution < 1.29 is 23.1 Å². The maximum atomic E-state index is 12.8. The smallest absolute Gasteiger partial charge is 0.325 e. The predicted octanol–water partition coefficient (Wildman–Crippen LogP) is -0.168. The summed E-state index contributed by atoms with van der Waals surface area (Å²) in [7, 11) is -3.75. The molecule has 0 spiro atoms. The second-order valence-corrected chi connectivity index (χ2v) is 8.00. The molecule has 1 fully saturated rings. The van der Waals surface area contributed by atoms with Crippen molar-refractivity contribution >= 4 is 21.9 Å². The summed E-state index contributed by atoms with van der Waals surface area (Å²) in [6.07, 6.45) is 2.45. The van der Waals surface area contributed by atoms with Crippen LogP contribution < -0.4 is 5.32 Å². The molecular weight excluding hydrogens is 374 g/mol. The highest BCUT2D eigenvalue weighted by Crippen LogP contribution is 2.26. The number of hydrogen-bond acceptors (Lipinski definition) is 6. The van der Waals surface area contributed by atoms with Crippen LogP contribution >= 0.6 is 0 Å². The topological polar surface area (TPSA) is 134 Å². The molecule has 2 aromatic rings. The maximum absolute atomic E-state index is 12.8. The molecule has 27 heavy (non-hydrogen) atoms. The fraction of sp³-hybridized carbons (Fsp3) is 0.375. The fourth-order valence-electron chi connectivity index (χ4n) is 2.95. The minimum absolute atomic E-state index is 0.0359. The normalized spacial score (nSPS) is 17.7. The first kappa shape index (κ1) is 19.0. The molecule has 0 aliphatic carbocycles. The van der Waals surface area contributed by atoms with E-state index in [1.54, 1.807) is 18.2 Å². The summed E-state index contributed by atoms with van der Waals surface area (Å²) in [5, 5.41) is 18.8. The van der Waals surface area contributed by atoms with Gasteiger partial charge in [-0.2, -0.15) is 4.31 Å². The average molecular weight is 393 g/mol. The number of nitrogens with one attached hydrogen (secondary N) is 1. The Morgan fingerprint density at radius 2 is 2.00 bits per heavy atom. The van der Waals surface area contributed by atoms with E-state index in [4.69, 9.17) is 5.11 Å². The number of sulfonamides is 1. The third-order valence-corrected chi connectivity index (χ3v) is 6.11. The lowest BCUT2D eigenvalue weighted by atomic mass is 10.2. The number of hydrogen-bond donors (Lipinski definition) is 2. The Labute approximate surface area is 155 Å². The zero-order chi connectivity index (χ0) is 19.4. The van der Waals surface area contributed by atoms with Gasteiger partial charge in [0.2, 0.25) is 15.9 Å². The van der Waals surface area contributed by atoms with Crippen LogP contribution in [0.25, 0.3) is 0 Å². The highest BCUT2D eigenvalue weighted by molar-refractivity contribution is 7.89. The number of amides is 1. The number of rotatable bonds is 7. The van der Waals surface area contributed by atoms with Crippen LogP contribution in [0.1, 0.15) is 18.5 Å². The summed E-state index contributed by atoms with van der Waals surface area (Å²) < 4.78 is 28.0. The van der Waals surface area contributed by atoms with E-state index >= 15 is 0 Å². The van der Waals surface area contributed by atoms with Crippen LogP contribution in [0.3, 0.4) is 0 Å². The molecule has 3 rings (SSSR count). The monoisotopic (exact) mass is 393 g/mol. The van der Waals surface area contributed by atoms with Crippen LogP contribution in [-0.4, -0.2) is 57.3 Å². The standard InChI is InChI=1S/C16H19N5O5S/c22-15(23)11-20-10-12(18-19-20)9-17-16(24)14-7-4-8-21(14)27(25,26)13-5-2-1-3-6-13/h1-3,5-6,10,14H,4,7-9,11H2,(H,17,24)(H,22,23). The van der Waals surface area contributed by atoms with Crippen molar-refractivity contribution in [2.45, 2.75) is 36.9 Å². The second-order valence-electron chi connectivity index (χ2n) is 6.11. The van der Waals surface area contributed by atoms with Crippen molar-refractivity contribution in [1.29, 1.82) is 0 Å². The molecule has 144 valence electrons. The van der Waals surface area contributed by atoms with Gasteiger partial charge in [0.25, 0.3) is 0 Å². The van der Waals surface area contributed by atoms with Gasteiger partial charge in [-0.05, 0) is 25.0 Å². The van der Waals surface area contributed by atoms with E-state index in [-0.39, 0.29) is 24.5 Å². The molecule has 1 atom stereocenters. The molecule has 0 saturated carbocycles. The van der Waals surface area contributed by atoms with Gasteiger partial charge in [-0.15, -0.1) is 5.10 Å². The van der Waals surface area contributed by atoms with Crippen molar-refractivity contribution in [3.63, 3.8) is 0 Å². The Balaban J connectivity index is 1.65. The zero-order valence-corrected chi connectivity index (χ0v) is 15.2. The molecule has 1 saturated heterocycles. The van der Waals surface area contributed by atoms with E-state index in [0.717, 1.165) is 4.68 Å². The molecule has 10 nitrogen and oxygen atoms in total. The number of aromatic nitrogens is 3. The first-order valence-electron chi connectivity index (χ1n) is 8.33. The summed E-state index contributed by atoms with van der Waals surface area (Å²) in [6, 6.07) is 7.22. The molecule has 1 aliphatic rings. The lowest BCUT2D eigenvalue weighted by Gasteiger charge is -2.23. The van der Waals surface area contributed by atoms with E-state index in [1.165, 1.54) is 22.6 Å². The fourth-order valence-corrected chi connectivity index (χ4v) is 4.63. The van der Waals surface area contributed by atoms with E-state index < -0.39 is 27.9 Å². The van der Waals surface area contributed by atoms with Gasteiger partial charge in [0, 0.05) is 6.54 Å². The molecule has 0 radical (unpaired) electrons.